The topological polar surface area (TPSA) is 114 Å². The fourth-order valence-electron chi connectivity index (χ4n) is 3.09. The molecule has 1 saturated heterocycles. The van der Waals surface area contributed by atoms with Crippen molar-refractivity contribution in [1.82, 2.24) is 10.6 Å². The lowest BCUT2D eigenvalue weighted by molar-refractivity contribution is -0.124. The zero-order valence-corrected chi connectivity index (χ0v) is 14.7. The van der Waals surface area contributed by atoms with Crippen LogP contribution in [0.2, 0.25) is 0 Å². The number of nitrogens with one attached hydrogen (secondary N) is 3. The Kier molecular flexibility index (Phi) is 5.69. The van der Waals surface area contributed by atoms with E-state index in [2.05, 4.69) is 16.0 Å². The minimum Gasteiger partial charge on any atom is -0.507 e. The molecule has 0 radical (unpaired) electrons. The number of aromatic hydroxyl groups is 1. The van der Waals surface area contributed by atoms with Crippen molar-refractivity contribution in [2.75, 3.05) is 18.4 Å². The lowest BCUT2D eigenvalue weighted by Crippen LogP contribution is -2.36. The largest absolute Gasteiger partial charge is 0.507 e. The fraction of sp³-hybridized carbons (Fsp3) is 0.250. The van der Waals surface area contributed by atoms with Crippen molar-refractivity contribution in [3.63, 3.8) is 0 Å². The SMILES string of the molecule is N#C/C(=C/NC(=O)C1CCNCC1)C(=O)Nc1cccc2c(O)cccc12. The van der Waals surface area contributed by atoms with Crippen LogP contribution >= 0.6 is 0 Å². The van der Waals surface area contributed by atoms with Gasteiger partial charge in [0.2, 0.25) is 5.91 Å². The molecular weight excluding hydrogens is 344 g/mol. The number of benzene rings is 2. The Balaban J connectivity index is 1.73. The third kappa shape index (κ3) is 4.25. The standard InChI is InChI=1S/C20H20N4O3/c21-11-14(12-23-19(26)13-7-9-22-10-8-13)20(27)24-17-5-1-4-16-15(17)3-2-6-18(16)25/h1-6,12-13,22,25H,7-10H2,(H,23,26)(H,24,27)/b14-12-. The van der Waals surface area contributed by atoms with Crippen LogP contribution in [-0.2, 0) is 9.59 Å². The van der Waals surface area contributed by atoms with Gasteiger partial charge in [0.05, 0.1) is 0 Å². The molecule has 1 aliphatic rings. The summed E-state index contributed by atoms with van der Waals surface area (Å²) in [7, 11) is 0. The van der Waals surface area contributed by atoms with Crippen molar-refractivity contribution < 1.29 is 14.7 Å². The zero-order chi connectivity index (χ0) is 19.2. The minimum atomic E-state index is -0.626. The molecule has 0 atom stereocenters. The summed E-state index contributed by atoms with van der Waals surface area (Å²) in [6, 6.07) is 11.9. The highest BCUT2D eigenvalue weighted by molar-refractivity contribution is 6.11. The number of nitrogens with zero attached hydrogens (tertiary/aromatic N) is 1. The second-order valence-electron chi connectivity index (χ2n) is 6.33. The first kappa shape index (κ1) is 18.4. The quantitative estimate of drug-likeness (QED) is 0.489. The van der Waals surface area contributed by atoms with E-state index in [1.54, 1.807) is 36.4 Å². The number of hydrogen-bond donors (Lipinski definition) is 4. The van der Waals surface area contributed by atoms with Gasteiger partial charge in [0.15, 0.2) is 0 Å². The van der Waals surface area contributed by atoms with Gasteiger partial charge in [0.25, 0.3) is 5.91 Å². The number of hydrogen-bond acceptors (Lipinski definition) is 5. The van der Waals surface area contributed by atoms with Crippen LogP contribution in [0.1, 0.15) is 12.8 Å². The molecule has 0 aliphatic carbocycles. The van der Waals surface area contributed by atoms with Crippen LogP contribution in [0.15, 0.2) is 48.2 Å². The average Bonchev–Trinajstić information content (AvgIpc) is 2.70. The van der Waals surface area contributed by atoms with E-state index >= 15 is 0 Å². The van der Waals surface area contributed by atoms with Crippen LogP contribution in [0, 0.1) is 17.2 Å². The molecule has 138 valence electrons. The second-order valence-corrected chi connectivity index (χ2v) is 6.33. The molecule has 2 aromatic carbocycles. The van der Waals surface area contributed by atoms with Crippen LogP contribution in [-0.4, -0.2) is 30.0 Å². The zero-order valence-electron chi connectivity index (χ0n) is 14.7. The Labute approximate surface area is 156 Å². The van der Waals surface area contributed by atoms with E-state index in [9.17, 15) is 20.0 Å². The number of phenolic OH excluding ortho intramolecular Hbond substituents is 1. The maximum Gasteiger partial charge on any atom is 0.267 e. The number of fused-ring (bicyclic) bond motifs is 1. The van der Waals surface area contributed by atoms with E-state index in [1.807, 2.05) is 6.07 Å². The molecule has 1 heterocycles. The highest BCUT2D eigenvalue weighted by atomic mass is 16.3. The van der Waals surface area contributed by atoms with Crippen molar-refractivity contribution in [2.24, 2.45) is 5.92 Å². The van der Waals surface area contributed by atoms with Crippen LogP contribution in [0.25, 0.3) is 10.8 Å². The van der Waals surface area contributed by atoms with E-state index in [-0.39, 0.29) is 23.1 Å². The first-order valence-electron chi connectivity index (χ1n) is 8.73. The summed E-state index contributed by atoms with van der Waals surface area (Å²) in [5.41, 5.74) is 0.272. The van der Waals surface area contributed by atoms with E-state index < -0.39 is 5.91 Å². The van der Waals surface area contributed by atoms with E-state index in [0.29, 0.717) is 16.5 Å². The van der Waals surface area contributed by atoms with Gasteiger partial charge in [-0.1, -0.05) is 24.3 Å². The molecule has 7 heteroatoms. The van der Waals surface area contributed by atoms with Gasteiger partial charge in [-0.3, -0.25) is 9.59 Å². The summed E-state index contributed by atoms with van der Waals surface area (Å²) >= 11 is 0. The Bertz CT molecular complexity index is 940. The third-order valence-corrected chi connectivity index (χ3v) is 4.58. The first-order chi connectivity index (χ1) is 13.1. The number of carbonyl (C=O) groups is 2. The monoisotopic (exact) mass is 364 g/mol. The second kappa shape index (κ2) is 8.34. The van der Waals surface area contributed by atoms with Gasteiger partial charge in [0.1, 0.15) is 17.4 Å². The highest BCUT2D eigenvalue weighted by Gasteiger charge is 2.20. The molecule has 1 fully saturated rings. The molecule has 2 aromatic rings. The van der Waals surface area contributed by atoms with E-state index in [0.717, 1.165) is 32.1 Å². The molecule has 27 heavy (non-hydrogen) atoms. The highest BCUT2D eigenvalue weighted by Crippen LogP contribution is 2.29. The number of rotatable bonds is 4. The molecule has 7 nitrogen and oxygen atoms in total. The summed E-state index contributed by atoms with van der Waals surface area (Å²) in [6.07, 6.45) is 2.61. The number of phenols is 1. The smallest absolute Gasteiger partial charge is 0.267 e. The molecular formula is C20H20N4O3. The van der Waals surface area contributed by atoms with Gasteiger partial charge >= 0.3 is 0 Å². The van der Waals surface area contributed by atoms with Crippen molar-refractivity contribution in [3.05, 3.63) is 48.2 Å². The maximum atomic E-state index is 12.4. The lowest BCUT2D eigenvalue weighted by Gasteiger charge is -2.20. The van der Waals surface area contributed by atoms with Gasteiger partial charge in [-0.2, -0.15) is 5.26 Å². The lowest BCUT2D eigenvalue weighted by atomic mass is 9.97. The predicted molar refractivity (Wildman–Crippen MR) is 102 cm³/mol. The molecule has 4 N–H and O–H groups in total. The number of piperidine rings is 1. The fourth-order valence-corrected chi connectivity index (χ4v) is 3.09. The van der Waals surface area contributed by atoms with Gasteiger partial charge < -0.3 is 21.1 Å². The van der Waals surface area contributed by atoms with Crippen LogP contribution in [0.3, 0.4) is 0 Å². The Morgan fingerprint density at radius 3 is 2.59 bits per heavy atom. The van der Waals surface area contributed by atoms with Gasteiger partial charge in [-0.05, 0) is 38.1 Å². The Morgan fingerprint density at radius 2 is 1.85 bits per heavy atom. The summed E-state index contributed by atoms with van der Waals surface area (Å²) in [6.45, 7) is 1.56. The average molecular weight is 364 g/mol. The van der Waals surface area contributed by atoms with Crippen molar-refractivity contribution >= 4 is 28.3 Å². The van der Waals surface area contributed by atoms with Crippen molar-refractivity contribution in [1.29, 1.82) is 5.26 Å². The molecule has 0 aromatic heterocycles. The van der Waals surface area contributed by atoms with Crippen molar-refractivity contribution in [2.45, 2.75) is 12.8 Å². The molecule has 3 rings (SSSR count). The minimum absolute atomic E-state index is 0.105. The van der Waals surface area contributed by atoms with E-state index in [4.69, 9.17) is 0 Å². The molecule has 0 bridgehead atoms. The molecule has 0 spiro atoms. The first-order valence-corrected chi connectivity index (χ1v) is 8.73. The number of amides is 2. The Hall–Kier alpha value is -3.37. The molecule has 0 saturated carbocycles. The summed E-state index contributed by atoms with van der Waals surface area (Å²) in [4.78, 5) is 24.6. The molecule has 2 amide bonds. The summed E-state index contributed by atoms with van der Waals surface area (Å²) in [5, 5.41) is 28.9. The normalized spacial score (nSPS) is 15.1. The van der Waals surface area contributed by atoms with Gasteiger partial charge in [-0.25, -0.2) is 0 Å². The summed E-state index contributed by atoms with van der Waals surface area (Å²) in [5.74, 6) is -0.827. The predicted octanol–water partition coefficient (Wildman–Crippen LogP) is 2.01. The van der Waals surface area contributed by atoms with Crippen LogP contribution in [0.5, 0.6) is 5.75 Å². The Morgan fingerprint density at radius 1 is 1.15 bits per heavy atom. The summed E-state index contributed by atoms with van der Waals surface area (Å²) < 4.78 is 0. The van der Waals surface area contributed by atoms with Crippen LogP contribution < -0.4 is 16.0 Å². The van der Waals surface area contributed by atoms with E-state index in [1.165, 1.54) is 0 Å². The number of carbonyl (C=O) groups excluding carboxylic acids is 2. The number of nitriles is 1. The maximum absolute atomic E-state index is 12.4. The van der Waals surface area contributed by atoms with Crippen LogP contribution in [0.4, 0.5) is 5.69 Å². The van der Waals surface area contributed by atoms with Gasteiger partial charge in [-0.15, -0.1) is 0 Å². The number of anilines is 1. The molecule has 0 unspecified atom stereocenters. The van der Waals surface area contributed by atoms with Gasteiger partial charge in [0, 0.05) is 28.6 Å². The third-order valence-electron chi connectivity index (χ3n) is 4.58. The van der Waals surface area contributed by atoms with Crippen molar-refractivity contribution in [3.8, 4) is 11.8 Å². The molecule has 1 aliphatic heterocycles.